The number of nitrogens with two attached hydrogens (primary N) is 1. The van der Waals surface area contributed by atoms with Crippen LogP contribution < -0.4 is 11.1 Å². The maximum atomic E-state index is 12.2. The number of carbonyl (C=O) groups is 1. The number of nitrogens with one attached hydrogen (secondary N) is 1. The third-order valence-electron chi connectivity index (χ3n) is 3.80. The lowest BCUT2D eigenvalue weighted by atomic mass is 9.83. The van der Waals surface area contributed by atoms with Crippen LogP contribution in [0.5, 0.6) is 0 Å². The number of carbonyl (C=O) groups excluding carboxylic acids is 1. The summed E-state index contributed by atoms with van der Waals surface area (Å²) in [7, 11) is 0. The Morgan fingerprint density at radius 2 is 2.14 bits per heavy atom. The van der Waals surface area contributed by atoms with Crippen LogP contribution in [-0.4, -0.2) is 28.0 Å². The highest BCUT2D eigenvalue weighted by atomic mass is 79.9. The molecule has 1 aliphatic carbocycles. The van der Waals surface area contributed by atoms with E-state index in [9.17, 15) is 4.79 Å². The highest BCUT2D eigenvalue weighted by molar-refractivity contribution is 9.10. The van der Waals surface area contributed by atoms with Crippen molar-refractivity contribution in [2.24, 2.45) is 16.8 Å². The van der Waals surface area contributed by atoms with Crippen molar-refractivity contribution in [3.8, 4) is 0 Å². The number of oxime groups is 1. The Morgan fingerprint density at radius 1 is 1.43 bits per heavy atom. The number of rotatable bonds is 4. The molecule has 1 aliphatic rings. The zero-order valence-corrected chi connectivity index (χ0v) is 13.2. The second kappa shape index (κ2) is 7.40. The van der Waals surface area contributed by atoms with Gasteiger partial charge in [0.1, 0.15) is 5.69 Å². The summed E-state index contributed by atoms with van der Waals surface area (Å²) in [6, 6.07) is 2.93. The predicted octanol–water partition coefficient (Wildman–Crippen LogP) is 2.27. The van der Waals surface area contributed by atoms with E-state index in [2.05, 4.69) is 31.4 Å². The van der Waals surface area contributed by atoms with Gasteiger partial charge in [0.15, 0.2) is 5.84 Å². The summed E-state index contributed by atoms with van der Waals surface area (Å²) in [4.78, 5) is 16.3. The van der Waals surface area contributed by atoms with Crippen LogP contribution in [0.4, 0.5) is 0 Å². The van der Waals surface area contributed by atoms with Crippen molar-refractivity contribution in [2.45, 2.75) is 38.1 Å². The Hall–Kier alpha value is -1.63. The molecule has 1 atom stereocenters. The first-order valence-electron chi connectivity index (χ1n) is 7.01. The molecule has 1 fully saturated rings. The molecule has 0 bridgehead atoms. The van der Waals surface area contributed by atoms with E-state index in [1.54, 1.807) is 18.3 Å². The largest absolute Gasteiger partial charge is 0.409 e. The molecule has 1 heterocycles. The van der Waals surface area contributed by atoms with Gasteiger partial charge in [-0.05, 0) is 46.8 Å². The Balaban J connectivity index is 2.10. The average molecular weight is 355 g/mol. The highest BCUT2D eigenvalue weighted by Gasteiger charge is 2.29. The van der Waals surface area contributed by atoms with Crippen LogP contribution >= 0.6 is 15.9 Å². The summed E-state index contributed by atoms with van der Waals surface area (Å²) in [6.45, 7) is 0. The smallest absolute Gasteiger partial charge is 0.270 e. The van der Waals surface area contributed by atoms with Crippen molar-refractivity contribution in [3.63, 3.8) is 0 Å². The van der Waals surface area contributed by atoms with Crippen molar-refractivity contribution in [1.82, 2.24) is 10.3 Å². The van der Waals surface area contributed by atoms with Crippen LogP contribution in [-0.2, 0) is 0 Å². The molecule has 0 aromatic carbocycles. The van der Waals surface area contributed by atoms with Gasteiger partial charge in [0, 0.05) is 10.7 Å². The molecule has 0 aliphatic heterocycles. The molecule has 7 heteroatoms. The molecule has 0 radical (unpaired) electrons. The first kappa shape index (κ1) is 15.8. The second-order valence-corrected chi connectivity index (χ2v) is 6.15. The molecule has 1 unspecified atom stereocenters. The average Bonchev–Trinajstić information content (AvgIpc) is 2.53. The molecule has 6 nitrogen and oxygen atoms in total. The van der Waals surface area contributed by atoms with Crippen LogP contribution in [0.3, 0.4) is 0 Å². The first-order chi connectivity index (χ1) is 10.1. The van der Waals surface area contributed by atoms with Crippen molar-refractivity contribution in [3.05, 3.63) is 28.5 Å². The molecule has 2 rings (SSSR count). The number of nitrogens with zero attached hydrogens (tertiary/aromatic N) is 2. The van der Waals surface area contributed by atoms with Gasteiger partial charge < -0.3 is 16.3 Å². The Bertz CT molecular complexity index is 512. The van der Waals surface area contributed by atoms with Crippen molar-refractivity contribution in [1.29, 1.82) is 0 Å². The lowest BCUT2D eigenvalue weighted by Gasteiger charge is -2.29. The Labute approximate surface area is 131 Å². The lowest BCUT2D eigenvalue weighted by Crippen LogP contribution is -2.49. The summed E-state index contributed by atoms with van der Waals surface area (Å²) in [5.74, 6) is -0.0638. The zero-order chi connectivity index (χ0) is 15.2. The van der Waals surface area contributed by atoms with E-state index >= 15 is 0 Å². The van der Waals surface area contributed by atoms with Crippen molar-refractivity contribution < 1.29 is 10.0 Å². The van der Waals surface area contributed by atoms with E-state index in [1.807, 2.05) is 0 Å². The van der Waals surface area contributed by atoms with Gasteiger partial charge >= 0.3 is 0 Å². The molecule has 114 valence electrons. The summed E-state index contributed by atoms with van der Waals surface area (Å²) in [6.07, 6.45) is 6.90. The first-order valence-corrected chi connectivity index (χ1v) is 7.81. The molecule has 1 saturated carbocycles. The Kier molecular flexibility index (Phi) is 5.55. The molecule has 1 amide bonds. The van der Waals surface area contributed by atoms with E-state index < -0.39 is 6.04 Å². The monoisotopic (exact) mass is 354 g/mol. The minimum absolute atomic E-state index is 0.0485. The van der Waals surface area contributed by atoms with Gasteiger partial charge in [-0.1, -0.05) is 24.4 Å². The quantitative estimate of drug-likeness (QED) is 0.334. The van der Waals surface area contributed by atoms with E-state index in [1.165, 1.54) is 6.42 Å². The topological polar surface area (TPSA) is 101 Å². The van der Waals surface area contributed by atoms with Gasteiger partial charge in [0.05, 0.1) is 6.04 Å². The van der Waals surface area contributed by atoms with Crippen LogP contribution in [0.25, 0.3) is 0 Å². The number of pyridine rings is 1. The minimum Gasteiger partial charge on any atom is -0.409 e. The van der Waals surface area contributed by atoms with Crippen LogP contribution in [0.2, 0.25) is 0 Å². The molecule has 1 aromatic heterocycles. The zero-order valence-electron chi connectivity index (χ0n) is 11.6. The number of hydrogen-bond acceptors (Lipinski definition) is 4. The van der Waals surface area contributed by atoms with E-state index in [-0.39, 0.29) is 17.7 Å². The maximum Gasteiger partial charge on any atom is 0.270 e. The summed E-state index contributed by atoms with van der Waals surface area (Å²) >= 11 is 3.28. The molecule has 4 N–H and O–H groups in total. The standard InChI is InChI=1S/C14H19BrN4O2/c15-10-6-7-11(17-8-10)14(20)18-12(13(16)19-21)9-4-2-1-3-5-9/h6-9,12,21H,1-5H2,(H2,16,19)(H,18,20). The number of aromatic nitrogens is 1. The summed E-state index contributed by atoms with van der Waals surface area (Å²) in [5, 5.41) is 14.9. The van der Waals surface area contributed by atoms with Gasteiger partial charge in [-0.3, -0.25) is 4.79 Å². The summed E-state index contributed by atoms with van der Waals surface area (Å²) < 4.78 is 0.805. The fourth-order valence-electron chi connectivity index (χ4n) is 2.69. The fourth-order valence-corrected chi connectivity index (χ4v) is 2.92. The maximum absolute atomic E-state index is 12.2. The molecule has 0 spiro atoms. The molecular formula is C14H19BrN4O2. The SMILES string of the molecule is NC(=NO)C(NC(=O)c1ccc(Br)cn1)C1CCCCC1. The molecule has 21 heavy (non-hydrogen) atoms. The van der Waals surface area contributed by atoms with Crippen LogP contribution in [0.1, 0.15) is 42.6 Å². The highest BCUT2D eigenvalue weighted by Crippen LogP contribution is 2.26. The second-order valence-electron chi connectivity index (χ2n) is 5.24. The number of amides is 1. The third kappa shape index (κ3) is 4.17. The van der Waals surface area contributed by atoms with Gasteiger partial charge in [-0.15, -0.1) is 0 Å². The normalized spacial score (nSPS) is 18.2. The van der Waals surface area contributed by atoms with Crippen LogP contribution in [0.15, 0.2) is 28.0 Å². The van der Waals surface area contributed by atoms with Gasteiger partial charge in [0.25, 0.3) is 5.91 Å². The van der Waals surface area contributed by atoms with E-state index in [4.69, 9.17) is 10.9 Å². The third-order valence-corrected chi connectivity index (χ3v) is 4.27. The van der Waals surface area contributed by atoms with Crippen LogP contribution in [0, 0.1) is 5.92 Å². The van der Waals surface area contributed by atoms with Gasteiger partial charge in [-0.2, -0.15) is 0 Å². The van der Waals surface area contributed by atoms with Gasteiger partial charge in [-0.25, -0.2) is 4.98 Å². The molecule has 0 saturated heterocycles. The Morgan fingerprint density at radius 3 is 2.71 bits per heavy atom. The number of amidine groups is 1. The number of hydrogen-bond donors (Lipinski definition) is 3. The summed E-state index contributed by atoms with van der Waals surface area (Å²) in [5.41, 5.74) is 6.07. The van der Waals surface area contributed by atoms with Crippen molar-refractivity contribution >= 4 is 27.7 Å². The fraction of sp³-hybridized carbons (Fsp3) is 0.500. The predicted molar refractivity (Wildman–Crippen MR) is 83.2 cm³/mol. The molecular weight excluding hydrogens is 336 g/mol. The van der Waals surface area contributed by atoms with Crippen molar-refractivity contribution in [2.75, 3.05) is 0 Å². The van der Waals surface area contributed by atoms with E-state index in [0.29, 0.717) is 5.69 Å². The molecule has 1 aromatic rings. The number of halogens is 1. The van der Waals surface area contributed by atoms with E-state index in [0.717, 1.165) is 30.2 Å². The minimum atomic E-state index is -0.451. The van der Waals surface area contributed by atoms with Gasteiger partial charge in [0.2, 0.25) is 0 Å². The lowest BCUT2D eigenvalue weighted by molar-refractivity contribution is 0.0925.